The first-order valence-corrected chi connectivity index (χ1v) is 3.43. The zero-order valence-electron chi connectivity index (χ0n) is 6.59. The van der Waals surface area contributed by atoms with Crippen LogP contribution in [0.25, 0.3) is 0 Å². The number of ketones is 1. The van der Waals surface area contributed by atoms with Crippen LogP contribution in [0.3, 0.4) is 0 Å². The Kier molecular flexibility index (Phi) is 6.08. The summed E-state index contributed by atoms with van der Waals surface area (Å²) < 4.78 is 4.83. The van der Waals surface area contributed by atoms with Gasteiger partial charge in [-0.3, -0.25) is 4.79 Å². The summed E-state index contributed by atoms with van der Waals surface area (Å²) in [6.45, 7) is 2.31. The average molecular weight is 142 g/mol. The number of hydrogen-bond acceptors (Lipinski definition) is 2. The quantitative estimate of drug-likeness (QED) is 0.430. The van der Waals surface area contributed by atoms with Crippen LogP contribution in [0.1, 0.15) is 19.8 Å². The Bertz CT molecular complexity index is 116. The van der Waals surface area contributed by atoms with Crippen molar-refractivity contribution in [1.29, 1.82) is 0 Å². The fourth-order valence-electron chi connectivity index (χ4n) is 0.595. The van der Waals surface area contributed by atoms with Crippen LogP contribution in [0.4, 0.5) is 0 Å². The van der Waals surface area contributed by atoms with Gasteiger partial charge in [-0.1, -0.05) is 6.08 Å². The van der Waals surface area contributed by atoms with Crippen LogP contribution >= 0.6 is 0 Å². The number of carbonyl (C=O) groups is 1. The van der Waals surface area contributed by atoms with Gasteiger partial charge in [0.15, 0.2) is 5.78 Å². The number of allylic oxidation sites excluding steroid dienone is 2. The largest absolute Gasteiger partial charge is 0.385 e. The summed E-state index contributed by atoms with van der Waals surface area (Å²) >= 11 is 0. The first-order chi connectivity index (χ1) is 4.77. The molecule has 10 heavy (non-hydrogen) atoms. The molecule has 0 amide bonds. The van der Waals surface area contributed by atoms with E-state index in [1.54, 1.807) is 20.1 Å². The molecule has 0 spiro atoms. The van der Waals surface area contributed by atoms with Gasteiger partial charge in [-0.15, -0.1) is 0 Å². The Morgan fingerprint density at radius 1 is 1.60 bits per heavy atom. The lowest BCUT2D eigenvalue weighted by molar-refractivity contribution is -0.112. The van der Waals surface area contributed by atoms with Crippen molar-refractivity contribution in [2.24, 2.45) is 0 Å². The fraction of sp³-hybridized carbons (Fsp3) is 0.625. The smallest absolute Gasteiger partial charge is 0.152 e. The minimum Gasteiger partial charge on any atom is -0.385 e. The molecule has 2 heteroatoms. The molecule has 58 valence electrons. The van der Waals surface area contributed by atoms with E-state index in [9.17, 15) is 4.79 Å². The molecule has 0 saturated heterocycles. The molecule has 0 saturated carbocycles. The van der Waals surface area contributed by atoms with E-state index in [1.165, 1.54) is 0 Å². The Hall–Kier alpha value is -0.630. The first kappa shape index (κ1) is 9.37. The molecule has 0 N–H and O–H groups in total. The van der Waals surface area contributed by atoms with E-state index < -0.39 is 0 Å². The molecule has 2 nitrogen and oxygen atoms in total. The summed E-state index contributed by atoms with van der Waals surface area (Å²) in [6, 6.07) is 0. The summed E-state index contributed by atoms with van der Waals surface area (Å²) in [5.41, 5.74) is 0. The van der Waals surface area contributed by atoms with Crippen molar-refractivity contribution in [3.05, 3.63) is 12.2 Å². The van der Waals surface area contributed by atoms with Crippen molar-refractivity contribution < 1.29 is 9.53 Å². The Balaban J connectivity index is 3.10. The second-order valence-corrected chi connectivity index (χ2v) is 2.15. The summed E-state index contributed by atoms with van der Waals surface area (Å²) in [5.74, 6) is 0.109. The van der Waals surface area contributed by atoms with Crippen molar-refractivity contribution in [1.82, 2.24) is 0 Å². The van der Waals surface area contributed by atoms with Crippen LogP contribution < -0.4 is 0 Å². The Labute approximate surface area is 61.9 Å². The summed E-state index contributed by atoms with van der Waals surface area (Å²) in [7, 11) is 1.68. The lowest BCUT2D eigenvalue weighted by Gasteiger charge is -1.91. The van der Waals surface area contributed by atoms with Crippen LogP contribution in [0, 0.1) is 0 Å². The van der Waals surface area contributed by atoms with E-state index in [1.807, 2.05) is 6.08 Å². The highest BCUT2D eigenvalue weighted by molar-refractivity contribution is 5.87. The van der Waals surface area contributed by atoms with E-state index in [-0.39, 0.29) is 5.78 Å². The van der Waals surface area contributed by atoms with Gasteiger partial charge in [0, 0.05) is 13.7 Å². The van der Waals surface area contributed by atoms with Crippen LogP contribution in [0.2, 0.25) is 0 Å². The third-order valence-electron chi connectivity index (χ3n) is 1.07. The van der Waals surface area contributed by atoms with Crippen molar-refractivity contribution in [2.75, 3.05) is 13.7 Å². The number of rotatable bonds is 5. The normalized spacial score (nSPS) is 10.6. The summed E-state index contributed by atoms with van der Waals surface area (Å²) in [6.07, 6.45) is 5.38. The van der Waals surface area contributed by atoms with E-state index in [4.69, 9.17) is 4.74 Å². The Morgan fingerprint density at radius 3 is 2.80 bits per heavy atom. The van der Waals surface area contributed by atoms with Gasteiger partial charge in [-0.05, 0) is 25.8 Å². The third-order valence-corrected chi connectivity index (χ3v) is 1.07. The Morgan fingerprint density at radius 2 is 2.30 bits per heavy atom. The molecule has 0 aromatic rings. The predicted octanol–water partition coefficient (Wildman–Crippen LogP) is 1.56. The van der Waals surface area contributed by atoms with Crippen LogP contribution in [-0.4, -0.2) is 19.5 Å². The van der Waals surface area contributed by atoms with Gasteiger partial charge in [-0.25, -0.2) is 0 Å². The van der Waals surface area contributed by atoms with Crippen LogP contribution in [-0.2, 0) is 9.53 Å². The molecule has 0 aromatic carbocycles. The molecule has 0 atom stereocenters. The number of ether oxygens (including phenoxy) is 1. The maximum atomic E-state index is 10.4. The predicted molar refractivity (Wildman–Crippen MR) is 40.9 cm³/mol. The van der Waals surface area contributed by atoms with Crippen molar-refractivity contribution in [3.63, 3.8) is 0 Å². The van der Waals surface area contributed by atoms with Gasteiger partial charge in [0.1, 0.15) is 0 Å². The summed E-state index contributed by atoms with van der Waals surface area (Å²) in [4.78, 5) is 10.4. The highest BCUT2D eigenvalue weighted by atomic mass is 16.5. The molecule has 0 aromatic heterocycles. The van der Waals surface area contributed by atoms with E-state index in [0.29, 0.717) is 0 Å². The summed E-state index contributed by atoms with van der Waals surface area (Å²) in [5, 5.41) is 0. The van der Waals surface area contributed by atoms with Gasteiger partial charge in [0.05, 0.1) is 0 Å². The highest BCUT2D eigenvalue weighted by Crippen LogP contribution is 1.90. The maximum absolute atomic E-state index is 10.4. The first-order valence-electron chi connectivity index (χ1n) is 3.43. The van der Waals surface area contributed by atoms with E-state index in [2.05, 4.69) is 0 Å². The van der Waals surface area contributed by atoms with Crippen LogP contribution in [0.5, 0.6) is 0 Å². The SMILES string of the molecule is COCCC/C=C/C(C)=O. The third kappa shape index (κ3) is 7.37. The van der Waals surface area contributed by atoms with Gasteiger partial charge in [-0.2, -0.15) is 0 Å². The van der Waals surface area contributed by atoms with Gasteiger partial charge >= 0.3 is 0 Å². The zero-order chi connectivity index (χ0) is 7.82. The second kappa shape index (κ2) is 6.49. The molecule has 0 aliphatic heterocycles. The molecule has 0 bridgehead atoms. The van der Waals surface area contributed by atoms with E-state index >= 15 is 0 Å². The molecular weight excluding hydrogens is 128 g/mol. The zero-order valence-corrected chi connectivity index (χ0v) is 6.59. The minimum absolute atomic E-state index is 0.109. The fourth-order valence-corrected chi connectivity index (χ4v) is 0.595. The van der Waals surface area contributed by atoms with Gasteiger partial charge in [0.2, 0.25) is 0 Å². The van der Waals surface area contributed by atoms with Crippen LogP contribution in [0.15, 0.2) is 12.2 Å². The molecule has 0 aliphatic rings. The monoisotopic (exact) mass is 142 g/mol. The topological polar surface area (TPSA) is 26.3 Å². The minimum atomic E-state index is 0.109. The van der Waals surface area contributed by atoms with E-state index in [0.717, 1.165) is 19.4 Å². The lowest BCUT2D eigenvalue weighted by atomic mass is 10.3. The molecule has 0 fully saturated rings. The molecule has 0 unspecified atom stereocenters. The lowest BCUT2D eigenvalue weighted by Crippen LogP contribution is -1.86. The molecule has 0 aliphatic carbocycles. The molecular formula is C8H14O2. The standard InChI is InChI=1S/C8H14O2/c1-8(9)6-4-3-5-7-10-2/h4,6H,3,5,7H2,1-2H3/b6-4+. The van der Waals surface area contributed by atoms with Gasteiger partial charge < -0.3 is 4.74 Å². The molecule has 0 heterocycles. The number of unbranched alkanes of at least 4 members (excludes halogenated alkanes) is 1. The molecule has 0 radical (unpaired) electrons. The number of carbonyl (C=O) groups excluding carboxylic acids is 1. The van der Waals surface area contributed by atoms with Crippen molar-refractivity contribution >= 4 is 5.78 Å². The maximum Gasteiger partial charge on any atom is 0.152 e. The average Bonchev–Trinajstić information content (AvgIpc) is 1.87. The second-order valence-electron chi connectivity index (χ2n) is 2.15. The van der Waals surface area contributed by atoms with Gasteiger partial charge in [0.25, 0.3) is 0 Å². The number of methoxy groups -OCH3 is 1. The number of hydrogen-bond donors (Lipinski definition) is 0. The van der Waals surface area contributed by atoms with Crippen molar-refractivity contribution in [3.8, 4) is 0 Å². The molecule has 0 rings (SSSR count). The van der Waals surface area contributed by atoms with Crippen molar-refractivity contribution in [2.45, 2.75) is 19.8 Å². The highest BCUT2D eigenvalue weighted by Gasteiger charge is 1.83.